The summed E-state index contributed by atoms with van der Waals surface area (Å²) >= 11 is 3.29. The number of benzene rings is 2. The SMILES string of the molecule is Nc1cc(Br)ccc1S(=O)Cc1cccc(F)c1. The topological polar surface area (TPSA) is 43.1 Å². The lowest BCUT2D eigenvalue weighted by Gasteiger charge is -2.06. The number of hydrogen-bond acceptors (Lipinski definition) is 2. The van der Waals surface area contributed by atoms with Crippen LogP contribution in [0.5, 0.6) is 0 Å². The normalized spacial score (nSPS) is 12.3. The molecule has 2 rings (SSSR count). The van der Waals surface area contributed by atoms with Crippen LogP contribution < -0.4 is 5.73 Å². The molecule has 2 aromatic carbocycles. The van der Waals surface area contributed by atoms with Crippen LogP contribution in [0.1, 0.15) is 5.56 Å². The van der Waals surface area contributed by atoms with Gasteiger partial charge in [0.1, 0.15) is 5.82 Å². The third kappa shape index (κ3) is 3.17. The van der Waals surface area contributed by atoms with Crippen molar-refractivity contribution in [3.63, 3.8) is 0 Å². The van der Waals surface area contributed by atoms with Gasteiger partial charge >= 0.3 is 0 Å². The van der Waals surface area contributed by atoms with E-state index in [9.17, 15) is 8.60 Å². The van der Waals surface area contributed by atoms with Crippen LogP contribution in [-0.4, -0.2) is 4.21 Å². The fourth-order valence-electron chi connectivity index (χ4n) is 1.58. The number of anilines is 1. The third-order valence-electron chi connectivity index (χ3n) is 2.40. The summed E-state index contributed by atoms with van der Waals surface area (Å²) in [5.41, 5.74) is 6.97. The Labute approximate surface area is 116 Å². The Bertz CT molecular complexity index is 603. The number of nitrogens with two attached hydrogens (primary N) is 1. The number of hydrogen-bond donors (Lipinski definition) is 1. The lowest BCUT2D eigenvalue weighted by molar-refractivity contribution is 0.626. The van der Waals surface area contributed by atoms with E-state index >= 15 is 0 Å². The maximum atomic E-state index is 13.0. The third-order valence-corrected chi connectivity index (χ3v) is 4.36. The molecule has 0 saturated heterocycles. The molecule has 5 heteroatoms. The quantitative estimate of drug-likeness (QED) is 0.877. The lowest BCUT2D eigenvalue weighted by Crippen LogP contribution is -2.01. The van der Waals surface area contributed by atoms with Gasteiger partial charge in [-0.1, -0.05) is 28.1 Å². The molecule has 2 N–H and O–H groups in total. The Hall–Kier alpha value is -1.20. The fourth-order valence-corrected chi connectivity index (χ4v) is 3.14. The van der Waals surface area contributed by atoms with E-state index in [1.165, 1.54) is 12.1 Å². The molecular formula is C13H11BrFNOS. The van der Waals surface area contributed by atoms with Gasteiger partial charge in [0, 0.05) is 10.2 Å². The molecule has 0 aromatic heterocycles. The van der Waals surface area contributed by atoms with Crippen LogP contribution in [0.2, 0.25) is 0 Å². The Kier molecular flexibility index (Phi) is 4.14. The Morgan fingerprint density at radius 2 is 2.00 bits per heavy atom. The van der Waals surface area contributed by atoms with Gasteiger partial charge in [0.15, 0.2) is 0 Å². The van der Waals surface area contributed by atoms with Crippen LogP contribution in [0, 0.1) is 5.82 Å². The van der Waals surface area contributed by atoms with Gasteiger partial charge in [0.2, 0.25) is 0 Å². The second-order valence-corrected chi connectivity index (χ2v) is 6.14. The molecule has 0 fully saturated rings. The zero-order valence-electron chi connectivity index (χ0n) is 9.40. The van der Waals surface area contributed by atoms with E-state index in [0.29, 0.717) is 16.1 Å². The largest absolute Gasteiger partial charge is 0.398 e. The molecule has 1 atom stereocenters. The molecule has 18 heavy (non-hydrogen) atoms. The van der Waals surface area contributed by atoms with E-state index in [2.05, 4.69) is 15.9 Å². The van der Waals surface area contributed by atoms with Crippen LogP contribution in [-0.2, 0) is 16.6 Å². The smallest absolute Gasteiger partial charge is 0.123 e. The highest BCUT2D eigenvalue weighted by Gasteiger charge is 2.09. The molecule has 0 aliphatic heterocycles. The van der Waals surface area contributed by atoms with Crippen LogP contribution in [0.15, 0.2) is 51.8 Å². The summed E-state index contributed by atoms with van der Waals surface area (Å²) in [6.45, 7) is 0. The van der Waals surface area contributed by atoms with E-state index in [0.717, 1.165) is 4.47 Å². The van der Waals surface area contributed by atoms with Gasteiger partial charge in [0.05, 0.1) is 21.4 Å². The minimum absolute atomic E-state index is 0.254. The second kappa shape index (κ2) is 5.63. The van der Waals surface area contributed by atoms with Crippen molar-refractivity contribution >= 4 is 32.4 Å². The molecule has 0 radical (unpaired) electrons. The van der Waals surface area contributed by atoms with Gasteiger partial charge in [-0.3, -0.25) is 4.21 Å². The van der Waals surface area contributed by atoms with Gasteiger partial charge in [-0.2, -0.15) is 0 Å². The Balaban J connectivity index is 2.22. The first kappa shape index (κ1) is 13.2. The van der Waals surface area contributed by atoms with Crippen LogP contribution >= 0.6 is 15.9 Å². The molecule has 2 aromatic rings. The number of halogens is 2. The van der Waals surface area contributed by atoms with E-state index in [-0.39, 0.29) is 11.6 Å². The first-order valence-corrected chi connectivity index (χ1v) is 7.35. The number of rotatable bonds is 3. The van der Waals surface area contributed by atoms with Crippen molar-refractivity contribution in [2.45, 2.75) is 10.6 Å². The van der Waals surface area contributed by atoms with Crippen molar-refractivity contribution in [3.05, 3.63) is 58.3 Å². The average Bonchev–Trinajstić information content (AvgIpc) is 2.28. The highest BCUT2D eigenvalue weighted by atomic mass is 79.9. The summed E-state index contributed by atoms with van der Waals surface area (Å²) < 4.78 is 26.0. The minimum atomic E-state index is -1.28. The molecule has 2 nitrogen and oxygen atoms in total. The summed E-state index contributed by atoms with van der Waals surface area (Å²) in [6, 6.07) is 11.3. The van der Waals surface area contributed by atoms with Crippen LogP contribution in [0.3, 0.4) is 0 Å². The van der Waals surface area contributed by atoms with Gasteiger partial charge in [-0.15, -0.1) is 0 Å². The van der Waals surface area contributed by atoms with Crippen LogP contribution in [0.4, 0.5) is 10.1 Å². The Morgan fingerprint density at radius 3 is 2.67 bits per heavy atom. The molecule has 0 aliphatic carbocycles. The standard InChI is InChI=1S/C13H11BrFNOS/c14-10-4-5-13(12(16)7-10)18(17)8-9-2-1-3-11(15)6-9/h1-7H,8,16H2. The molecular weight excluding hydrogens is 317 g/mol. The van der Waals surface area contributed by atoms with Gasteiger partial charge in [-0.25, -0.2) is 4.39 Å². The van der Waals surface area contributed by atoms with Crippen LogP contribution in [0.25, 0.3) is 0 Å². The zero-order valence-corrected chi connectivity index (χ0v) is 11.8. The molecule has 0 aliphatic rings. The molecule has 1 unspecified atom stereocenters. The average molecular weight is 328 g/mol. The Morgan fingerprint density at radius 1 is 1.22 bits per heavy atom. The summed E-state index contributed by atoms with van der Waals surface area (Å²) in [5, 5.41) is 0. The van der Waals surface area contributed by atoms with Crippen molar-refractivity contribution in [2.24, 2.45) is 0 Å². The van der Waals surface area contributed by atoms with Gasteiger partial charge in [-0.05, 0) is 35.9 Å². The molecule has 0 saturated carbocycles. The van der Waals surface area contributed by atoms with E-state index in [1.807, 2.05) is 0 Å². The zero-order chi connectivity index (χ0) is 13.1. The highest BCUT2D eigenvalue weighted by molar-refractivity contribution is 9.10. The van der Waals surface area contributed by atoms with Crippen molar-refractivity contribution in [1.82, 2.24) is 0 Å². The van der Waals surface area contributed by atoms with E-state index < -0.39 is 10.8 Å². The predicted octanol–water partition coefficient (Wildman–Crippen LogP) is 3.48. The molecule has 0 amide bonds. The second-order valence-electron chi connectivity index (χ2n) is 3.80. The fraction of sp³-hybridized carbons (Fsp3) is 0.0769. The summed E-state index contributed by atoms with van der Waals surface area (Å²) in [5.74, 6) is -0.0721. The summed E-state index contributed by atoms with van der Waals surface area (Å²) in [4.78, 5) is 0.572. The van der Waals surface area contributed by atoms with Crippen molar-refractivity contribution in [2.75, 3.05) is 5.73 Å². The molecule has 0 bridgehead atoms. The predicted molar refractivity (Wildman–Crippen MR) is 75.1 cm³/mol. The summed E-state index contributed by atoms with van der Waals surface area (Å²) in [6.07, 6.45) is 0. The van der Waals surface area contributed by atoms with Gasteiger partial charge in [0.25, 0.3) is 0 Å². The van der Waals surface area contributed by atoms with E-state index in [1.54, 1.807) is 30.3 Å². The lowest BCUT2D eigenvalue weighted by atomic mass is 10.2. The molecule has 94 valence electrons. The van der Waals surface area contributed by atoms with Crippen molar-refractivity contribution in [3.8, 4) is 0 Å². The van der Waals surface area contributed by atoms with Crippen molar-refractivity contribution in [1.29, 1.82) is 0 Å². The monoisotopic (exact) mass is 327 g/mol. The molecule has 0 heterocycles. The maximum Gasteiger partial charge on any atom is 0.123 e. The minimum Gasteiger partial charge on any atom is -0.398 e. The summed E-state index contributed by atoms with van der Waals surface area (Å²) in [7, 11) is -1.28. The first-order chi connectivity index (χ1) is 8.56. The number of nitrogen functional groups attached to an aromatic ring is 1. The van der Waals surface area contributed by atoms with Crippen molar-refractivity contribution < 1.29 is 8.60 Å². The first-order valence-electron chi connectivity index (χ1n) is 5.24. The highest BCUT2D eigenvalue weighted by Crippen LogP contribution is 2.23. The maximum absolute atomic E-state index is 13.0. The van der Waals surface area contributed by atoms with Gasteiger partial charge < -0.3 is 5.73 Å². The molecule has 0 spiro atoms. The van der Waals surface area contributed by atoms with E-state index in [4.69, 9.17) is 5.73 Å².